The number of carbonyl (C=O) groups is 2. The summed E-state index contributed by atoms with van der Waals surface area (Å²) in [7, 11) is 0. The molecule has 1 unspecified atom stereocenters. The molecule has 158 valence electrons. The molecule has 7 heteroatoms. The van der Waals surface area contributed by atoms with E-state index in [1.165, 1.54) is 6.21 Å². The molecular weight excluding hydrogens is 396 g/mol. The Labute approximate surface area is 179 Å². The van der Waals surface area contributed by atoms with Gasteiger partial charge in [0.15, 0.2) is 17.6 Å². The lowest BCUT2D eigenvalue weighted by molar-refractivity contribution is -0.129. The molecular formula is C24H22N2O5. The second kappa shape index (κ2) is 10.7. The molecule has 0 fully saturated rings. The van der Waals surface area contributed by atoms with E-state index in [1.807, 2.05) is 13.0 Å². The Morgan fingerprint density at radius 3 is 2.35 bits per heavy atom. The number of esters is 1. The van der Waals surface area contributed by atoms with E-state index in [2.05, 4.69) is 10.5 Å². The molecule has 0 radical (unpaired) electrons. The lowest BCUT2D eigenvalue weighted by atomic mass is 10.1. The summed E-state index contributed by atoms with van der Waals surface area (Å²) in [5, 5.41) is 13.9. The van der Waals surface area contributed by atoms with Crippen LogP contribution in [0.3, 0.4) is 0 Å². The van der Waals surface area contributed by atoms with Crippen LogP contribution < -0.4 is 14.9 Å². The van der Waals surface area contributed by atoms with Crippen molar-refractivity contribution in [3.8, 4) is 11.5 Å². The van der Waals surface area contributed by atoms with Gasteiger partial charge in [0.05, 0.1) is 18.4 Å². The smallest absolute Gasteiger partial charge is 0.343 e. The van der Waals surface area contributed by atoms with Crippen molar-refractivity contribution in [2.75, 3.05) is 6.61 Å². The topological polar surface area (TPSA) is 97.2 Å². The average Bonchev–Trinajstić information content (AvgIpc) is 2.81. The van der Waals surface area contributed by atoms with Gasteiger partial charge in [-0.05, 0) is 48.4 Å². The largest absolute Gasteiger partial charge is 0.490 e. The van der Waals surface area contributed by atoms with E-state index < -0.39 is 18.0 Å². The Hall–Kier alpha value is -3.97. The normalized spacial score (nSPS) is 11.7. The number of hydrazone groups is 1. The Morgan fingerprint density at radius 1 is 1.00 bits per heavy atom. The third-order valence-corrected chi connectivity index (χ3v) is 4.23. The molecule has 1 atom stereocenters. The van der Waals surface area contributed by atoms with Gasteiger partial charge in [-0.15, -0.1) is 0 Å². The first kappa shape index (κ1) is 21.7. The second-order valence-electron chi connectivity index (χ2n) is 6.44. The molecule has 1 amide bonds. The zero-order chi connectivity index (χ0) is 22.1. The molecule has 7 nitrogen and oxygen atoms in total. The van der Waals surface area contributed by atoms with Crippen LogP contribution in [-0.4, -0.2) is 29.8 Å². The van der Waals surface area contributed by atoms with Gasteiger partial charge in [0.2, 0.25) is 0 Å². The minimum Gasteiger partial charge on any atom is -0.490 e. The van der Waals surface area contributed by atoms with Crippen molar-refractivity contribution in [1.82, 2.24) is 5.43 Å². The van der Waals surface area contributed by atoms with E-state index in [4.69, 9.17) is 9.47 Å². The summed E-state index contributed by atoms with van der Waals surface area (Å²) in [5.41, 5.74) is 3.81. The molecule has 0 heterocycles. The number of nitrogens with zero attached hydrogens (tertiary/aromatic N) is 1. The van der Waals surface area contributed by atoms with Gasteiger partial charge in [0, 0.05) is 0 Å². The highest BCUT2D eigenvalue weighted by Crippen LogP contribution is 2.29. The van der Waals surface area contributed by atoms with Crippen LogP contribution in [-0.2, 0) is 4.79 Å². The molecule has 3 rings (SSSR count). The zero-order valence-electron chi connectivity index (χ0n) is 16.9. The maximum absolute atomic E-state index is 12.3. The molecule has 0 bridgehead atoms. The number of hydrogen-bond acceptors (Lipinski definition) is 6. The standard InChI is InChI=1S/C24H22N2O5/c1-2-30-21-15-17(13-14-20(21)31-24(29)19-11-7-4-8-12-19)16-25-26-23(28)22(27)18-9-5-3-6-10-18/h3-16,22,27H,2H2,1H3,(H,26,28). The van der Waals surface area contributed by atoms with Crippen LogP contribution in [0.2, 0.25) is 0 Å². The lowest BCUT2D eigenvalue weighted by Crippen LogP contribution is -2.25. The molecule has 0 aliphatic carbocycles. The minimum atomic E-state index is -1.32. The van der Waals surface area contributed by atoms with E-state index >= 15 is 0 Å². The van der Waals surface area contributed by atoms with E-state index in [9.17, 15) is 14.7 Å². The van der Waals surface area contributed by atoms with Crippen LogP contribution in [0.5, 0.6) is 11.5 Å². The highest BCUT2D eigenvalue weighted by Gasteiger charge is 2.16. The van der Waals surface area contributed by atoms with Crippen molar-refractivity contribution in [3.63, 3.8) is 0 Å². The summed E-state index contributed by atoms with van der Waals surface area (Å²) in [6, 6.07) is 22.1. The lowest BCUT2D eigenvalue weighted by Gasteiger charge is -2.11. The van der Waals surface area contributed by atoms with Gasteiger partial charge in [0.25, 0.3) is 5.91 Å². The molecule has 0 aliphatic rings. The first-order chi connectivity index (χ1) is 15.1. The number of nitrogens with one attached hydrogen (secondary N) is 1. The van der Waals surface area contributed by atoms with Gasteiger partial charge in [-0.1, -0.05) is 48.5 Å². The summed E-state index contributed by atoms with van der Waals surface area (Å²) < 4.78 is 11.0. The summed E-state index contributed by atoms with van der Waals surface area (Å²) in [4.78, 5) is 24.4. The van der Waals surface area contributed by atoms with Gasteiger partial charge in [-0.2, -0.15) is 5.10 Å². The van der Waals surface area contributed by atoms with Crippen molar-refractivity contribution in [2.45, 2.75) is 13.0 Å². The minimum absolute atomic E-state index is 0.274. The van der Waals surface area contributed by atoms with Gasteiger partial charge >= 0.3 is 5.97 Å². The van der Waals surface area contributed by atoms with Crippen LogP contribution in [0.15, 0.2) is 84.0 Å². The Morgan fingerprint density at radius 2 is 1.68 bits per heavy atom. The van der Waals surface area contributed by atoms with Crippen molar-refractivity contribution in [1.29, 1.82) is 0 Å². The monoisotopic (exact) mass is 418 g/mol. The quantitative estimate of drug-likeness (QED) is 0.253. The number of benzene rings is 3. The predicted octanol–water partition coefficient (Wildman–Crippen LogP) is 3.49. The van der Waals surface area contributed by atoms with Crippen LogP contribution >= 0.6 is 0 Å². The zero-order valence-corrected chi connectivity index (χ0v) is 16.9. The van der Waals surface area contributed by atoms with E-state index in [1.54, 1.807) is 72.8 Å². The Bertz CT molecular complexity index is 1050. The number of hydrogen-bond donors (Lipinski definition) is 2. The van der Waals surface area contributed by atoms with Gasteiger partial charge < -0.3 is 14.6 Å². The number of aliphatic hydroxyl groups excluding tert-OH is 1. The molecule has 0 saturated heterocycles. The molecule has 2 N–H and O–H groups in total. The number of rotatable bonds is 8. The van der Waals surface area contributed by atoms with E-state index in [0.717, 1.165) is 0 Å². The van der Waals surface area contributed by atoms with Crippen LogP contribution in [0.1, 0.15) is 34.5 Å². The third-order valence-electron chi connectivity index (χ3n) is 4.23. The summed E-state index contributed by atoms with van der Waals surface area (Å²) in [5.74, 6) is -0.506. The molecule has 0 spiro atoms. The van der Waals surface area contributed by atoms with Crippen molar-refractivity contribution < 1.29 is 24.2 Å². The van der Waals surface area contributed by atoms with Crippen LogP contribution in [0.4, 0.5) is 0 Å². The predicted molar refractivity (Wildman–Crippen MR) is 116 cm³/mol. The summed E-state index contributed by atoms with van der Waals surface area (Å²) in [6.07, 6.45) is 0.0816. The molecule has 0 aromatic heterocycles. The number of carbonyl (C=O) groups excluding carboxylic acids is 2. The first-order valence-corrected chi connectivity index (χ1v) is 9.68. The molecule has 3 aromatic rings. The fraction of sp³-hybridized carbons (Fsp3) is 0.125. The fourth-order valence-electron chi connectivity index (χ4n) is 2.71. The van der Waals surface area contributed by atoms with Gasteiger partial charge in [0.1, 0.15) is 0 Å². The fourth-order valence-corrected chi connectivity index (χ4v) is 2.71. The van der Waals surface area contributed by atoms with E-state index in [0.29, 0.717) is 29.0 Å². The Balaban J connectivity index is 1.67. The molecule has 3 aromatic carbocycles. The van der Waals surface area contributed by atoms with Crippen LogP contribution in [0.25, 0.3) is 0 Å². The van der Waals surface area contributed by atoms with Crippen LogP contribution in [0, 0.1) is 0 Å². The van der Waals surface area contributed by atoms with Gasteiger partial charge in [-0.25, -0.2) is 10.2 Å². The second-order valence-corrected chi connectivity index (χ2v) is 6.44. The van der Waals surface area contributed by atoms with Crippen molar-refractivity contribution in [3.05, 3.63) is 95.6 Å². The summed E-state index contributed by atoms with van der Waals surface area (Å²) >= 11 is 0. The number of aliphatic hydroxyl groups is 1. The number of ether oxygens (including phenoxy) is 2. The molecule has 0 aliphatic heterocycles. The number of amides is 1. The Kier molecular flexibility index (Phi) is 7.50. The highest BCUT2D eigenvalue weighted by molar-refractivity contribution is 5.91. The molecule has 31 heavy (non-hydrogen) atoms. The maximum atomic E-state index is 12.3. The summed E-state index contributed by atoms with van der Waals surface area (Å²) in [6.45, 7) is 2.19. The first-order valence-electron chi connectivity index (χ1n) is 9.68. The average molecular weight is 418 g/mol. The van der Waals surface area contributed by atoms with Gasteiger partial charge in [-0.3, -0.25) is 4.79 Å². The van der Waals surface area contributed by atoms with Crippen molar-refractivity contribution in [2.24, 2.45) is 5.10 Å². The van der Waals surface area contributed by atoms with E-state index in [-0.39, 0.29) is 5.75 Å². The SMILES string of the molecule is CCOc1cc(C=NNC(=O)C(O)c2ccccc2)ccc1OC(=O)c1ccccc1. The molecule has 0 saturated carbocycles. The van der Waals surface area contributed by atoms with Crippen molar-refractivity contribution >= 4 is 18.1 Å². The third kappa shape index (κ3) is 6.01. The maximum Gasteiger partial charge on any atom is 0.343 e. The highest BCUT2D eigenvalue weighted by atomic mass is 16.6.